The number of halogens is 1. The van der Waals surface area contributed by atoms with Gasteiger partial charge >= 0.3 is 0 Å². The molecule has 0 spiro atoms. The molecule has 0 radical (unpaired) electrons. The van der Waals surface area contributed by atoms with Crippen molar-refractivity contribution in [3.05, 3.63) is 51.9 Å². The zero-order chi connectivity index (χ0) is 13.4. The van der Waals surface area contributed by atoms with Crippen LogP contribution >= 0.6 is 22.6 Å². The standard InChI is InChI=1S/C15H13IN2O/c1-10-7-11(16)3-6-15(10)19-12-4-5-14-13(8-12)17-9-18(14)2/h3-9H,1-2H3. The summed E-state index contributed by atoms with van der Waals surface area (Å²) in [4.78, 5) is 4.34. The van der Waals surface area contributed by atoms with Crippen molar-refractivity contribution in [2.75, 3.05) is 0 Å². The largest absolute Gasteiger partial charge is 0.457 e. The first-order valence-electron chi connectivity index (χ1n) is 5.98. The maximum Gasteiger partial charge on any atom is 0.130 e. The van der Waals surface area contributed by atoms with Crippen LogP contribution in [-0.4, -0.2) is 9.55 Å². The van der Waals surface area contributed by atoms with Gasteiger partial charge in [-0.3, -0.25) is 0 Å². The molecule has 0 saturated carbocycles. The third-order valence-electron chi connectivity index (χ3n) is 3.06. The zero-order valence-electron chi connectivity index (χ0n) is 10.7. The number of aryl methyl sites for hydroxylation is 2. The van der Waals surface area contributed by atoms with Crippen LogP contribution in [0.3, 0.4) is 0 Å². The summed E-state index contributed by atoms with van der Waals surface area (Å²) in [6.45, 7) is 2.05. The molecule has 2 aromatic carbocycles. The summed E-state index contributed by atoms with van der Waals surface area (Å²) in [6.07, 6.45) is 1.81. The number of hydrogen-bond acceptors (Lipinski definition) is 2. The second-order valence-electron chi connectivity index (χ2n) is 4.52. The van der Waals surface area contributed by atoms with E-state index >= 15 is 0 Å². The summed E-state index contributed by atoms with van der Waals surface area (Å²) < 4.78 is 9.13. The van der Waals surface area contributed by atoms with Gasteiger partial charge in [-0.15, -0.1) is 0 Å². The molecule has 0 saturated heterocycles. The Hall–Kier alpha value is -1.56. The first-order chi connectivity index (χ1) is 9.13. The second kappa shape index (κ2) is 4.85. The van der Waals surface area contributed by atoms with Gasteiger partial charge in [-0.1, -0.05) is 0 Å². The van der Waals surface area contributed by atoms with Crippen LogP contribution in [0.2, 0.25) is 0 Å². The molecule has 0 atom stereocenters. The molecule has 0 bridgehead atoms. The fraction of sp³-hybridized carbons (Fsp3) is 0.133. The highest BCUT2D eigenvalue weighted by atomic mass is 127. The SMILES string of the molecule is Cc1cc(I)ccc1Oc1ccc2c(c1)ncn2C. The summed E-state index contributed by atoms with van der Waals surface area (Å²) in [5.41, 5.74) is 3.18. The van der Waals surface area contributed by atoms with Crippen molar-refractivity contribution in [3.8, 4) is 11.5 Å². The van der Waals surface area contributed by atoms with Crippen LogP contribution in [0.5, 0.6) is 11.5 Å². The Morgan fingerprint density at radius 1 is 1.16 bits per heavy atom. The van der Waals surface area contributed by atoms with Gasteiger partial charge in [-0.25, -0.2) is 4.98 Å². The Kier molecular flexibility index (Phi) is 3.18. The highest BCUT2D eigenvalue weighted by Crippen LogP contribution is 2.28. The third-order valence-corrected chi connectivity index (χ3v) is 3.73. The first-order valence-corrected chi connectivity index (χ1v) is 7.06. The van der Waals surface area contributed by atoms with E-state index in [2.05, 4.69) is 40.6 Å². The van der Waals surface area contributed by atoms with Crippen molar-refractivity contribution >= 4 is 33.6 Å². The number of benzene rings is 2. The van der Waals surface area contributed by atoms with Crippen molar-refractivity contribution in [1.82, 2.24) is 9.55 Å². The molecule has 0 aliphatic heterocycles. The van der Waals surface area contributed by atoms with Crippen LogP contribution in [0.15, 0.2) is 42.7 Å². The molecule has 1 heterocycles. The summed E-state index contributed by atoms with van der Waals surface area (Å²) in [7, 11) is 1.99. The quantitative estimate of drug-likeness (QED) is 0.635. The summed E-state index contributed by atoms with van der Waals surface area (Å²) in [6, 6.07) is 12.1. The molecule has 0 aliphatic rings. The normalized spacial score (nSPS) is 10.9. The Bertz CT molecular complexity index is 749. The molecule has 19 heavy (non-hydrogen) atoms. The molecular weight excluding hydrogens is 351 g/mol. The van der Waals surface area contributed by atoms with E-state index in [9.17, 15) is 0 Å². The van der Waals surface area contributed by atoms with Crippen LogP contribution in [0.4, 0.5) is 0 Å². The van der Waals surface area contributed by atoms with Crippen molar-refractivity contribution < 1.29 is 4.74 Å². The summed E-state index contributed by atoms with van der Waals surface area (Å²) >= 11 is 2.30. The Morgan fingerprint density at radius 2 is 2.00 bits per heavy atom. The van der Waals surface area contributed by atoms with Gasteiger partial charge in [0.1, 0.15) is 11.5 Å². The minimum Gasteiger partial charge on any atom is -0.457 e. The van der Waals surface area contributed by atoms with Gasteiger partial charge in [-0.05, 0) is 65.4 Å². The monoisotopic (exact) mass is 364 g/mol. The lowest BCUT2D eigenvalue weighted by Crippen LogP contribution is -1.89. The Morgan fingerprint density at radius 3 is 2.79 bits per heavy atom. The maximum absolute atomic E-state index is 5.93. The van der Waals surface area contributed by atoms with Gasteiger partial charge in [0.05, 0.1) is 17.4 Å². The number of imidazole rings is 1. The maximum atomic E-state index is 5.93. The van der Waals surface area contributed by atoms with Gasteiger partial charge in [0.25, 0.3) is 0 Å². The third kappa shape index (κ3) is 2.45. The number of rotatable bonds is 2. The molecule has 0 amide bonds. The molecule has 4 heteroatoms. The van der Waals surface area contributed by atoms with Crippen molar-refractivity contribution in [2.45, 2.75) is 6.92 Å². The minimum absolute atomic E-state index is 0.815. The van der Waals surface area contributed by atoms with Crippen molar-refractivity contribution in [1.29, 1.82) is 0 Å². The van der Waals surface area contributed by atoms with Crippen molar-refractivity contribution in [3.63, 3.8) is 0 Å². The summed E-state index contributed by atoms with van der Waals surface area (Å²) in [5.74, 6) is 1.70. The predicted octanol–water partition coefficient (Wildman–Crippen LogP) is 4.28. The molecular formula is C15H13IN2O. The van der Waals surface area contributed by atoms with Crippen molar-refractivity contribution in [2.24, 2.45) is 7.05 Å². The van der Waals surface area contributed by atoms with E-state index in [1.807, 2.05) is 48.3 Å². The predicted molar refractivity (Wildman–Crippen MR) is 84.7 cm³/mol. The smallest absolute Gasteiger partial charge is 0.130 e. The molecule has 0 N–H and O–H groups in total. The lowest BCUT2D eigenvalue weighted by molar-refractivity contribution is 0.479. The molecule has 96 valence electrons. The fourth-order valence-electron chi connectivity index (χ4n) is 2.03. The average Bonchev–Trinajstić information content (AvgIpc) is 2.74. The molecule has 3 rings (SSSR count). The number of nitrogens with zero attached hydrogens (tertiary/aromatic N) is 2. The minimum atomic E-state index is 0.815. The van der Waals surface area contributed by atoms with Gasteiger partial charge in [-0.2, -0.15) is 0 Å². The van der Waals surface area contributed by atoms with Crippen LogP contribution < -0.4 is 4.74 Å². The van der Waals surface area contributed by atoms with E-state index in [4.69, 9.17) is 4.74 Å². The average molecular weight is 364 g/mol. The molecule has 0 unspecified atom stereocenters. The van der Waals surface area contributed by atoms with Gasteiger partial charge in [0, 0.05) is 16.7 Å². The van der Waals surface area contributed by atoms with Gasteiger partial charge < -0.3 is 9.30 Å². The van der Waals surface area contributed by atoms with Gasteiger partial charge in [0.15, 0.2) is 0 Å². The topological polar surface area (TPSA) is 27.1 Å². The van der Waals surface area contributed by atoms with E-state index in [-0.39, 0.29) is 0 Å². The molecule has 3 aromatic rings. The van der Waals surface area contributed by atoms with E-state index in [1.165, 1.54) is 3.57 Å². The fourth-order valence-corrected chi connectivity index (χ4v) is 2.68. The highest BCUT2D eigenvalue weighted by Gasteiger charge is 2.05. The van der Waals surface area contributed by atoms with E-state index in [1.54, 1.807) is 0 Å². The van der Waals surface area contributed by atoms with Crippen LogP contribution in [0.25, 0.3) is 11.0 Å². The molecule has 1 aromatic heterocycles. The zero-order valence-corrected chi connectivity index (χ0v) is 12.9. The lowest BCUT2D eigenvalue weighted by Gasteiger charge is -2.09. The molecule has 0 aliphatic carbocycles. The number of aromatic nitrogens is 2. The van der Waals surface area contributed by atoms with Crippen LogP contribution in [0.1, 0.15) is 5.56 Å². The second-order valence-corrected chi connectivity index (χ2v) is 5.76. The molecule has 3 nitrogen and oxygen atoms in total. The first kappa shape index (κ1) is 12.5. The van der Waals surface area contributed by atoms with Crippen LogP contribution in [0, 0.1) is 10.5 Å². The van der Waals surface area contributed by atoms with E-state index in [0.29, 0.717) is 0 Å². The van der Waals surface area contributed by atoms with E-state index < -0.39 is 0 Å². The molecule has 0 fully saturated rings. The number of hydrogen-bond donors (Lipinski definition) is 0. The number of fused-ring (bicyclic) bond motifs is 1. The Balaban J connectivity index is 1.96. The van der Waals surface area contributed by atoms with Gasteiger partial charge in [0.2, 0.25) is 0 Å². The van der Waals surface area contributed by atoms with Crippen LogP contribution in [-0.2, 0) is 7.05 Å². The Labute approximate surface area is 125 Å². The lowest BCUT2D eigenvalue weighted by atomic mass is 10.2. The van der Waals surface area contributed by atoms with E-state index in [0.717, 1.165) is 28.1 Å². The summed E-state index contributed by atoms with van der Waals surface area (Å²) in [5, 5.41) is 0. The highest BCUT2D eigenvalue weighted by molar-refractivity contribution is 14.1. The number of ether oxygens (including phenoxy) is 1.